The second kappa shape index (κ2) is 30.6. The van der Waals surface area contributed by atoms with E-state index in [0.717, 1.165) is 38.5 Å². The third-order valence-corrected chi connectivity index (χ3v) is 8.61. The molecule has 0 saturated carbocycles. The molecule has 0 aromatic heterocycles. The van der Waals surface area contributed by atoms with Crippen LogP contribution in [0.5, 0.6) is 0 Å². The normalized spacial score (nSPS) is 12.8. The highest BCUT2D eigenvalue weighted by molar-refractivity contribution is 5.93. The van der Waals surface area contributed by atoms with E-state index < -0.39 is 41.8 Å². The van der Waals surface area contributed by atoms with Crippen molar-refractivity contribution in [3.63, 3.8) is 0 Å². The molecule has 0 bridgehead atoms. The number of carbonyl (C=O) groups is 6. The zero-order valence-electron chi connectivity index (χ0n) is 32.2. The van der Waals surface area contributed by atoms with Crippen LogP contribution in [0.1, 0.15) is 163 Å². The van der Waals surface area contributed by atoms with Gasteiger partial charge in [-0.15, -0.1) is 0 Å². The molecule has 5 N–H and O–H groups in total. The minimum absolute atomic E-state index is 0.0258. The summed E-state index contributed by atoms with van der Waals surface area (Å²) in [7, 11) is 1.25. The number of carbonyl (C=O) groups excluding carboxylic acids is 6. The quantitative estimate of drug-likeness (QED) is 0.0476. The summed E-state index contributed by atoms with van der Waals surface area (Å²) in [6.07, 6.45) is 18.4. The lowest BCUT2D eigenvalue weighted by molar-refractivity contribution is -0.145. The minimum Gasteiger partial charge on any atom is -0.467 e. The first kappa shape index (κ1) is 46.8. The molecule has 0 rings (SSSR count). The second-order valence-corrected chi connectivity index (χ2v) is 13.9. The van der Waals surface area contributed by atoms with Gasteiger partial charge in [0.1, 0.15) is 18.1 Å². The second-order valence-electron chi connectivity index (χ2n) is 13.9. The van der Waals surface area contributed by atoms with Gasteiger partial charge in [0.2, 0.25) is 29.5 Å². The summed E-state index contributed by atoms with van der Waals surface area (Å²) in [4.78, 5) is 75.4. The summed E-state index contributed by atoms with van der Waals surface area (Å²) in [6.45, 7) is 9.85. The molecular formula is C38H71N5O7. The third-order valence-electron chi connectivity index (χ3n) is 8.61. The molecule has 3 unspecified atom stereocenters. The van der Waals surface area contributed by atoms with E-state index in [1.165, 1.54) is 58.5 Å². The maximum atomic E-state index is 13.2. The smallest absolute Gasteiger partial charge is 0.328 e. The van der Waals surface area contributed by atoms with Crippen molar-refractivity contribution in [2.45, 2.75) is 181 Å². The van der Waals surface area contributed by atoms with Crippen LogP contribution in [0.4, 0.5) is 0 Å². The average molecular weight is 710 g/mol. The number of esters is 1. The van der Waals surface area contributed by atoms with Crippen LogP contribution in [-0.4, -0.2) is 73.8 Å². The zero-order valence-corrected chi connectivity index (χ0v) is 32.2. The number of methoxy groups -OCH3 is 1. The lowest BCUT2D eigenvalue weighted by atomic mass is 10.0. The largest absolute Gasteiger partial charge is 0.467 e. The van der Waals surface area contributed by atoms with Gasteiger partial charge in [-0.25, -0.2) is 4.79 Å². The third kappa shape index (κ3) is 25.7. The molecule has 0 spiro atoms. The Bertz CT molecular complexity index is 975. The average Bonchev–Trinajstić information content (AvgIpc) is 3.08. The fourth-order valence-electron chi connectivity index (χ4n) is 5.59. The number of ether oxygens (including phenoxy) is 1. The first-order chi connectivity index (χ1) is 23.9. The predicted octanol–water partition coefficient (Wildman–Crippen LogP) is 5.36. The highest BCUT2D eigenvalue weighted by atomic mass is 16.5. The number of rotatable bonds is 31. The maximum Gasteiger partial charge on any atom is 0.328 e. The molecule has 50 heavy (non-hydrogen) atoms. The number of hydrogen-bond donors (Lipinski definition) is 5. The van der Waals surface area contributed by atoms with E-state index in [0.29, 0.717) is 45.1 Å². The van der Waals surface area contributed by atoms with E-state index in [-0.39, 0.29) is 24.3 Å². The molecular weight excluding hydrogens is 638 g/mol. The maximum absolute atomic E-state index is 13.2. The lowest BCUT2D eigenvalue weighted by Gasteiger charge is -2.23. The van der Waals surface area contributed by atoms with Gasteiger partial charge in [-0.05, 0) is 51.4 Å². The van der Waals surface area contributed by atoms with Crippen molar-refractivity contribution >= 4 is 35.5 Å². The molecule has 0 aromatic carbocycles. The Morgan fingerprint density at radius 1 is 0.540 bits per heavy atom. The summed E-state index contributed by atoms with van der Waals surface area (Å²) >= 11 is 0. The van der Waals surface area contributed by atoms with Crippen LogP contribution >= 0.6 is 0 Å². The number of nitrogens with one attached hydrogen (secondary N) is 5. The van der Waals surface area contributed by atoms with Crippen LogP contribution in [0, 0.1) is 5.92 Å². The van der Waals surface area contributed by atoms with Gasteiger partial charge in [-0.3, -0.25) is 24.0 Å². The van der Waals surface area contributed by atoms with Gasteiger partial charge in [0, 0.05) is 19.4 Å². The van der Waals surface area contributed by atoms with E-state index in [2.05, 4.69) is 40.4 Å². The van der Waals surface area contributed by atoms with Gasteiger partial charge in [-0.1, -0.05) is 105 Å². The minimum atomic E-state index is -0.934. The van der Waals surface area contributed by atoms with E-state index in [1.54, 1.807) is 6.92 Å². The Balaban J connectivity index is 4.66. The molecule has 12 nitrogen and oxygen atoms in total. The van der Waals surface area contributed by atoms with Crippen LogP contribution in [0.2, 0.25) is 0 Å². The molecule has 5 amide bonds. The van der Waals surface area contributed by atoms with E-state index in [1.807, 2.05) is 13.8 Å². The Morgan fingerprint density at radius 3 is 1.62 bits per heavy atom. The fourth-order valence-corrected chi connectivity index (χ4v) is 5.59. The van der Waals surface area contributed by atoms with Gasteiger partial charge in [0.05, 0.1) is 13.7 Å². The van der Waals surface area contributed by atoms with Crippen LogP contribution in [-0.2, 0) is 33.5 Å². The van der Waals surface area contributed by atoms with Gasteiger partial charge in [0.25, 0.3) is 0 Å². The van der Waals surface area contributed by atoms with Gasteiger partial charge < -0.3 is 31.3 Å². The summed E-state index contributed by atoms with van der Waals surface area (Å²) in [6, 6.07) is -2.65. The van der Waals surface area contributed by atoms with Gasteiger partial charge in [0.15, 0.2) is 0 Å². The van der Waals surface area contributed by atoms with Crippen molar-refractivity contribution in [2.24, 2.45) is 5.92 Å². The van der Waals surface area contributed by atoms with E-state index >= 15 is 0 Å². The lowest BCUT2D eigenvalue weighted by Crippen LogP contribution is -2.54. The van der Waals surface area contributed by atoms with E-state index in [9.17, 15) is 28.8 Å². The van der Waals surface area contributed by atoms with Crippen LogP contribution in [0.25, 0.3) is 0 Å². The molecule has 0 heterocycles. The van der Waals surface area contributed by atoms with Crippen molar-refractivity contribution in [1.29, 1.82) is 0 Å². The monoisotopic (exact) mass is 710 g/mol. The number of hydrogen-bond acceptors (Lipinski definition) is 7. The predicted molar refractivity (Wildman–Crippen MR) is 198 cm³/mol. The molecule has 0 aliphatic rings. The van der Waals surface area contributed by atoms with Crippen LogP contribution in [0.15, 0.2) is 0 Å². The molecule has 3 atom stereocenters. The van der Waals surface area contributed by atoms with Crippen molar-refractivity contribution < 1.29 is 33.5 Å². The molecule has 0 fully saturated rings. The Morgan fingerprint density at radius 2 is 1.08 bits per heavy atom. The first-order valence-electron chi connectivity index (χ1n) is 19.5. The summed E-state index contributed by atoms with van der Waals surface area (Å²) in [5, 5.41) is 13.5. The molecule has 290 valence electrons. The molecule has 0 aliphatic carbocycles. The van der Waals surface area contributed by atoms with Crippen molar-refractivity contribution in [1.82, 2.24) is 26.6 Å². The highest BCUT2D eigenvalue weighted by Gasteiger charge is 2.28. The SMILES string of the molecule is CCCCCCCCCC(=O)NCCCCC(NC(=O)C(CC(C)C)NC(=O)CNC(=O)C(C)NC(=O)CCCCCCCCC)C(=O)OC. The van der Waals surface area contributed by atoms with Crippen molar-refractivity contribution in [3.8, 4) is 0 Å². The van der Waals surface area contributed by atoms with Crippen molar-refractivity contribution in [3.05, 3.63) is 0 Å². The fraction of sp³-hybridized carbons (Fsp3) is 0.842. The summed E-state index contributed by atoms with van der Waals surface area (Å²) < 4.78 is 4.91. The number of unbranched alkanes of at least 4 members (excludes halogenated alkanes) is 13. The standard InChI is InChI=1S/C38H71N5O7/c1-7-9-11-13-15-17-19-24-33(44)39-26-22-21-23-31(38(49)50-6)43-37(48)32(27-29(3)4)42-35(46)28-40-36(47)30(5)41-34(45)25-20-18-16-14-12-10-8-2/h29-32H,7-28H2,1-6H3,(H,39,44)(H,40,47)(H,41,45)(H,42,46)(H,43,48). The Hall–Kier alpha value is -3.18. The topological polar surface area (TPSA) is 172 Å². The summed E-state index contributed by atoms with van der Waals surface area (Å²) in [5.41, 5.74) is 0. The highest BCUT2D eigenvalue weighted by Crippen LogP contribution is 2.11. The zero-order chi connectivity index (χ0) is 37.6. The molecule has 0 aliphatic heterocycles. The Labute approximate surface area is 302 Å². The van der Waals surface area contributed by atoms with Gasteiger partial charge in [-0.2, -0.15) is 0 Å². The van der Waals surface area contributed by atoms with Crippen molar-refractivity contribution in [2.75, 3.05) is 20.2 Å². The molecule has 0 radical (unpaired) electrons. The summed E-state index contributed by atoms with van der Waals surface area (Å²) in [5.74, 6) is -2.32. The molecule has 12 heteroatoms. The first-order valence-corrected chi connectivity index (χ1v) is 19.5. The van der Waals surface area contributed by atoms with Gasteiger partial charge >= 0.3 is 5.97 Å². The van der Waals surface area contributed by atoms with E-state index in [4.69, 9.17) is 4.74 Å². The van der Waals surface area contributed by atoms with Crippen LogP contribution < -0.4 is 26.6 Å². The molecule has 0 saturated heterocycles. The number of amides is 5. The Kier molecular flexibility index (Phi) is 28.7. The van der Waals surface area contributed by atoms with Crippen LogP contribution in [0.3, 0.4) is 0 Å². The molecule has 0 aromatic rings.